The lowest BCUT2D eigenvalue weighted by atomic mass is 10.1. The molecule has 21 heavy (non-hydrogen) atoms. The molecule has 2 aromatic rings. The zero-order valence-corrected chi connectivity index (χ0v) is 11.7. The molecule has 0 amide bonds. The van der Waals surface area contributed by atoms with E-state index < -0.39 is 18.4 Å². The highest BCUT2D eigenvalue weighted by Gasteiger charge is 2.46. The molecule has 4 unspecified atom stereocenters. The van der Waals surface area contributed by atoms with Crippen LogP contribution in [0.1, 0.15) is 6.23 Å². The molecule has 1 aliphatic heterocycles. The standard InChI is InChI=1S/C12H17N5O4/c1-19-8-6(3-18)21-12(9(8)20-2)17-5-16-7-10(13)14-4-15-11(7)17/h4-6,8-9,12,18H,3H2,1-2H3,(H2,13,14,15). The van der Waals surface area contributed by atoms with E-state index in [2.05, 4.69) is 15.0 Å². The summed E-state index contributed by atoms with van der Waals surface area (Å²) >= 11 is 0. The number of fused-ring (bicyclic) bond motifs is 1. The molecule has 3 N–H and O–H groups in total. The third-order valence-corrected chi connectivity index (χ3v) is 3.67. The van der Waals surface area contributed by atoms with Crippen LogP contribution in [0.25, 0.3) is 11.2 Å². The van der Waals surface area contributed by atoms with Crippen molar-refractivity contribution in [1.82, 2.24) is 19.5 Å². The van der Waals surface area contributed by atoms with Crippen molar-refractivity contribution in [3.63, 3.8) is 0 Å². The first kappa shape index (κ1) is 14.1. The van der Waals surface area contributed by atoms with Crippen LogP contribution < -0.4 is 5.73 Å². The first-order valence-corrected chi connectivity index (χ1v) is 6.46. The average molecular weight is 295 g/mol. The smallest absolute Gasteiger partial charge is 0.167 e. The van der Waals surface area contributed by atoms with Crippen molar-refractivity contribution < 1.29 is 19.3 Å². The second kappa shape index (κ2) is 5.53. The second-order valence-electron chi connectivity index (χ2n) is 4.73. The Balaban J connectivity index is 2.03. The summed E-state index contributed by atoms with van der Waals surface area (Å²) < 4.78 is 18.4. The van der Waals surface area contributed by atoms with E-state index in [9.17, 15) is 5.11 Å². The Morgan fingerprint density at radius 2 is 2.05 bits per heavy atom. The third-order valence-electron chi connectivity index (χ3n) is 3.67. The highest BCUT2D eigenvalue weighted by atomic mass is 16.6. The molecule has 0 saturated carbocycles. The van der Waals surface area contributed by atoms with Gasteiger partial charge in [0, 0.05) is 14.2 Å². The molecule has 0 radical (unpaired) electrons. The summed E-state index contributed by atoms with van der Waals surface area (Å²) in [5.74, 6) is 0.299. The number of hydrogen-bond donors (Lipinski definition) is 2. The lowest BCUT2D eigenvalue weighted by molar-refractivity contribution is -0.0583. The number of methoxy groups -OCH3 is 2. The van der Waals surface area contributed by atoms with Crippen LogP contribution in [0.15, 0.2) is 12.7 Å². The number of nitrogens with zero attached hydrogens (tertiary/aromatic N) is 4. The Morgan fingerprint density at radius 3 is 2.71 bits per heavy atom. The zero-order chi connectivity index (χ0) is 15.0. The van der Waals surface area contributed by atoms with Crippen LogP contribution in [0, 0.1) is 0 Å². The van der Waals surface area contributed by atoms with Crippen molar-refractivity contribution in [3.05, 3.63) is 12.7 Å². The van der Waals surface area contributed by atoms with Gasteiger partial charge in [-0.05, 0) is 0 Å². The molecule has 9 heteroatoms. The number of aliphatic hydroxyl groups excluding tert-OH is 1. The monoisotopic (exact) mass is 295 g/mol. The number of aliphatic hydroxyl groups is 1. The SMILES string of the molecule is COC1C(CO)OC(n2cnc3c(N)ncnc32)C1OC. The summed E-state index contributed by atoms with van der Waals surface area (Å²) in [6.07, 6.45) is 1.14. The number of aromatic nitrogens is 4. The molecule has 1 saturated heterocycles. The van der Waals surface area contributed by atoms with E-state index in [1.807, 2.05) is 0 Å². The van der Waals surface area contributed by atoms with Crippen LogP contribution in [0.2, 0.25) is 0 Å². The Kier molecular flexibility index (Phi) is 3.72. The van der Waals surface area contributed by atoms with Crippen molar-refractivity contribution in [2.45, 2.75) is 24.5 Å². The van der Waals surface area contributed by atoms with E-state index in [0.717, 1.165) is 0 Å². The van der Waals surface area contributed by atoms with E-state index in [0.29, 0.717) is 17.0 Å². The fourth-order valence-electron chi connectivity index (χ4n) is 2.67. The Morgan fingerprint density at radius 1 is 1.29 bits per heavy atom. The number of nitrogen functional groups attached to an aromatic ring is 1. The second-order valence-corrected chi connectivity index (χ2v) is 4.73. The lowest BCUT2D eigenvalue weighted by Crippen LogP contribution is -2.36. The summed E-state index contributed by atoms with van der Waals surface area (Å²) in [5.41, 5.74) is 6.82. The summed E-state index contributed by atoms with van der Waals surface area (Å²) in [6.45, 7) is -0.168. The molecule has 4 atom stereocenters. The molecular formula is C12H17N5O4. The van der Waals surface area contributed by atoms with E-state index in [1.165, 1.54) is 6.33 Å². The maximum atomic E-state index is 9.42. The highest BCUT2D eigenvalue weighted by Crippen LogP contribution is 2.34. The van der Waals surface area contributed by atoms with Gasteiger partial charge < -0.3 is 25.1 Å². The Labute approximate surface area is 120 Å². The van der Waals surface area contributed by atoms with Crippen LogP contribution in [0.4, 0.5) is 5.82 Å². The summed E-state index contributed by atoms with van der Waals surface area (Å²) in [7, 11) is 3.12. The van der Waals surface area contributed by atoms with Gasteiger partial charge in [0.25, 0.3) is 0 Å². The number of ether oxygens (including phenoxy) is 3. The molecule has 0 aliphatic carbocycles. The molecule has 114 valence electrons. The van der Waals surface area contributed by atoms with E-state index >= 15 is 0 Å². The largest absolute Gasteiger partial charge is 0.394 e. The topological polar surface area (TPSA) is 118 Å². The molecule has 9 nitrogen and oxygen atoms in total. The summed E-state index contributed by atoms with van der Waals surface area (Å²) in [6, 6.07) is 0. The minimum atomic E-state index is -0.517. The van der Waals surface area contributed by atoms with Gasteiger partial charge in [-0.3, -0.25) is 4.57 Å². The molecule has 0 spiro atoms. The van der Waals surface area contributed by atoms with Gasteiger partial charge in [0.2, 0.25) is 0 Å². The third kappa shape index (κ3) is 2.14. The van der Waals surface area contributed by atoms with E-state index in [-0.39, 0.29) is 12.7 Å². The average Bonchev–Trinajstić information content (AvgIpc) is 3.07. The number of nitrogens with two attached hydrogens (primary N) is 1. The number of rotatable bonds is 4. The molecular weight excluding hydrogens is 278 g/mol. The molecule has 1 fully saturated rings. The van der Waals surface area contributed by atoms with Crippen LogP contribution in [-0.4, -0.2) is 63.8 Å². The molecule has 3 rings (SSSR count). The molecule has 0 aromatic carbocycles. The lowest BCUT2D eigenvalue weighted by Gasteiger charge is -2.21. The maximum Gasteiger partial charge on any atom is 0.167 e. The summed E-state index contributed by atoms with van der Waals surface area (Å²) in [5, 5.41) is 9.42. The van der Waals surface area contributed by atoms with Gasteiger partial charge in [-0.25, -0.2) is 15.0 Å². The molecule has 2 aromatic heterocycles. The summed E-state index contributed by atoms with van der Waals surface area (Å²) in [4.78, 5) is 12.3. The van der Waals surface area contributed by atoms with Gasteiger partial charge in [0.1, 0.15) is 30.2 Å². The highest BCUT2D eigenvalue weighted by molar-refractivity contribution is 5.81. The van der Waals surface area contributed by atoms with Gasteiger partial charge in [-0.15, -0.1) is 0 Å². The fourth-order valence-corrected chi connectivity index (χ4v) is 2.67. The molecule has 1 aliphatic rings. The van der Waals surface area contributed by atoms with Crippen molar-refractivity contribution in [2.24, 2.45) is 0 Å². The predicted molar refractivity (Wildman–Crippen MR) is 72.3 cm³/mol. The molecule has 0 bridgehead atoms. The van der Waals surface area contributed by atoms with Crippen molar-refractivity contribution >= 4 is 17.0 Å². The van der Waals surface area contributed by atoms with Gasteiger partial charge in [-0.1, -0.05) is 0 Å². The Hall–Kier alpha value is -1.81. The predicted octanol–water partition coefficient (Wildman–Crippen LogP) is -0.672. The van der Waals surface area contributed by atoms with E-state index in [4.69, 9.17) is 19.9 Å². The number of anilines is 1. The Bertz CT molecular complexity index is 633. The van der Waals surface area contributed by atoms with Gasteiger partial charge in [0.05, 0.1) is 12.9 Å². The molecule has 3 heterocycles. The first-order chi connectivity index (χ1) is 10.2. The van der Waals surface area contributed by atoms with Gasteiger partial charge in [-0.2, -0.15) is 0 Å². The van der Waals surface area contributed by atoms with Crippen LogP contribution in [-0.2, 0) is 14.2 Å². The van der Waals surface area contributed by atoms with E-state index in [1.54, 1.807) is 25.1 Å². The van der Waals surface area contributed by atoms with Crippen LogP contribution >= 0.6 is 0 Å². The van der Waals surface area contributed by atoms with Gasteiger partial charge in [0.15, 0.2) is 17.7 Å². The van der Waals surface area contributed by atoms with Crippen LogP contribution in [0.5, 0.6) is 0 Å². The van der Waals surface area contributed by atoms with Crippen molar-refractivity contribution in [2.75, 3.05) is 26.6 Å². The number of hydrogen-bond acceptors (Lipinski definition) is 8. The van der Waals surface area contributed by atoms with Gasteiger partial charge >= 0.3 is 0 Å². The van der Waals surface area contributed by atoms with Crippen molar-refractivity contribution in [1.29, 1.82) is 0 Å². The minimum absolute atomic E-state index is 0.168. The normalized spacial score (nSPS) is 29.3. The zero-order valence-electron chi connectivity index (χ0n) is 11.7. The minimum Gasteiger partial charge on any atom is -0.394 e. The maximum absolute atomic E-state index is 9.42. The fraction of sp³-hybridized carbons (Fsp3) is 0.583. The first-order valence-electron chi connectivity index (χ1n) is 6.46. The van der Waals surface area contributed by atoms with Crippen molar-refractivity contribution in [3.8, 4) is 0 Å². The van der Waals surface area contributed by atoms with Crippen LogP contribution in [0.3, 0.4) is 0 Å². The number of imidazole rings is 1. The quantitative estimate of drug-likeness (QED) is 0.762.